The number of sulfonamides is 1. The number of esters is 2. The van der Waals surface area contributed by atoms with Crippen LogP contribution in [0.15, 0.2) is 23.1 Å². The quantitative estimate of drug-likeness (QED) is 0.745. The van der Waals surface area contributed by atoms with Crippen molar-refractivity contribution in [1.29, 1.82) is 0 Å². The highest BCUT2D eigenvalue weighted by molar-refractivity contribution is 7.89. The molecule has 1 N–H and O–H groups in total. The highest BCUT2D eigenvalue weighted by atomic mass is 32.2. The van der Waals surface area contributed by atoms with Crippen LogP contribution < -0.4 is 9.46 Å². The molecule has 1 aliphatic carbocycles. The highest BCUT2D eigenvalue weighted by Crippen LogP contribution is 2.29. The number of cyclic esters (lactones) is 1. The van der Waals surface area contributed by atoms with Crippen molar-refractivity contribution in [2.24, 2.45) is 0 Å². The monoisotopic (exact) mass is 369 g/mol. The minimum Gasteiger partial charge on any atom is -0.495 e. The first kappa shape index (κ1) is 17.7. The van der Waals surface area contributed by atoms with Crippen LogP contribution in [0.1, 0.15) is 36.5 Å². The summed E-state index contributed by atoms with van der Waals surface area (Å²) in [5.74, 6) is -1.27. The van der Waals surface area contributed by atoms with Crippen LogP contribution in [0.3, 0.4) is 0 Å². The predicted octanol–water partition coefficient (Wildman–Crippen LogP) is 0.997. The van der Waals surface area contributed by atoms with Gasteiger partial charge in [-0.15, -0.1) is 0 Å². The van der Waals surface area contributed by atoms with Crippen LogP contribution >= 0.6 is 0 Å². The van der Waals surface area contributed by atoms with E-state index in [2.05, 4.69) is 4.72 Å². The zero-order valence-corrected chi connectivity index (χ0v) is 14.7. The predicted molar refractivity (Wildman–Crippen MR) is 85.7 cm³/mol. The Balaban J connectivity index is 1.83. The molecule has 136 valence electrons. The lowest BCUT2D eigenvalue weighted by Gasteiger charge is -2.13. The summed E-state index contributed by atoms with van der Waals surface area (Å²) in [5.41, 5.74) is 0.0179. The number of benzene rings is 1. The van der Waals surface area contributed by atoms with Gasteiger partial charge in [0.1, 0.15) is 16.7 Å². The minimum absolute atomic E-state index is 0.0179. The Morgan fingerprint density at radius 1 is 1.32 bits per heavy atom. The third-order valence-corrected chi connectivity index (χ3v) is 5.51. The molecule has 0 spiro atoms. The van der Waals surface area contributed by atoms with Crippen molar-refractivity contribution in [3.63, 3.8) is 0 Å². The van der Waals surface area contributed by atoms with Crippen LogP contribution in [0.2, 0.25) is 0 Å². The van der Waals surface area contributed by atoms with Crippen LogP contribution in [0.5, 0.6) is 5.75 Å². The van der Waals surface area contributed by atoms with Crippen molar-refractivity contribution >= 4 is 22.0 Å². The van der Waals surface area contributed by atoms with Gasteiger partial charge in [0.05, 0.1) is 12.7 Å². The molecule has 2 fully saturated rings. The lowest BCUT2D eigenvalue weighted by molar-refractivity contribution is -0.147. The van der Waals surface area contributed by atoms with Gasteiger partial charge in [0.2, 0.25) is 16.1 Å². The number of hydrogen-bond donors (Lipinski definition) is 1. The molecule has 1 aromatic rings. The van der Waals surface area contributed by atoms with Crippen LogP contribution in [0.25, 0.3) is 0 Å². The molecule has 0 radical (unpaired) electrons. The molecule has 0 aromatic heterocycles. The summed E-state index contributed by atoms with van der Waals surface area (Å²) in [6.07, 6.45) is 0.542. The normalized spacial score (nSPS) is 23.2. The summed E-state index contributed by atoms with van der Waals surface area (Å²) in [5, 5.41) is 0. The Morgan fingerprint density at radius 3 is 2.60 bits per heavy atom. The van der Waals surface area contributed by atoms with Crippen LogP contribution in [0, 0.1) is 0 Å². The van der Waals surface area contributed by atoms with E-state index in [0.717, 1.165) is 12.8 Å². The summed E-state index contributed by atoms with van der Waals surface area (Å²) < 4.78 is 42.6. The fourth-order valence-electron chi connectivity index (χ4n) is 2.51. The zero-order chi connectivity index (χ0) is 18.2. The lowest BCUT2D eigenvalue weighted by Crippen LogP contribution is -2.27. The molecule has 1 saturated heterocycles. The summed E-state index contributed by atoms with van der Waals surface area (Å²) in [6.45, 7) is 1.70. The molecule has 0 bridgehead atoms. The zero-order valence-electron chi connectivity index (χ0n) is 13.9. The van der Waals surface area contributed by atoms with Gasteiger partial charge in [0.15, 0.2) is 0 Å². The summed E-state index contributed by atoms with van der Waals surface area (Å²) in [7, 11) is -2.47. The van der Waals surface area contributed by atoms with E-state index in [1.54, 1.807) is 6.92 Å². The molecule has 1 aliphatic heterocycles. The van der Waals surface area contributed by atoms with Gasteiger partial charge in [-0.2, -0.15) is 0 Å². The van der Waals surface area contributed by atoms with Gasteiger partial charge in [-0.1, -0.05) is 0 Å². The van der Waals surface area contributed by atoms with E-state index in [1.807, 2.05) is 0 Å². The van der Waals surface area contributed by atoms with Crippen molar-refractivity contribution in [2.45, 2.75) is 49.3 Å². The number of carbonyl (C=O) groups is 2. The topological polar surface area (TPSA) is 108 Å². The third-order valence-electron chi connectivity index (χ3n) is 3.96. The van der Waals surface area contributed by atoms with Gasteiger partial charge in [0.25, 0.3) is 0 Å². The molecule has 25 heavy (non-hydrogen) atoms. The smallest absolute Gasteiger partial charge is 0.347 e. The van der Waals surface area contributed by atoms with E-state index >= 15 is 0 Å². The van der Waals surface area contributed by atoms with Gasteiger partial charge in [-0.3, -0.25) is 0 Å². The second kappa shape index (κ2) is 6.64. The second-order valence-corrected chi connectivity index (χ2v) is 7.82. The van der Waals surface area contributed by atoms with E-state index in [9.17, 15) is 18.0 Å². The first-order valence-corrected chi connectivity index (χ1v) is 9.40. The molecule has 1 saturated carbocycles. The summed E-state index contributed by atoms with van der Waals surface area (Å²) in [6, 6.07) is 3.88. The van der Waals surface area contributed by atoms with Crippen molar-refractivity contribution in [3.8, 4) is 5.75 Å². The van der Waals surface area contributed by atoms with Crippen molar-refractivity contribution in [2.75, 3.05) is 7.11 Å². The van der Waals surface area contributed by atoms with Crippen molar-refractivity contribution in [1.82, 2.24) is 4.72 Å². The first-order valence-electron chi connectivity index (χ1n) is 7.92. The van der Waals surface area contributed by atoms with Crippen LogP contribution in [-0.4, -0.2) is 45.7 Å². The third kappa shape index (κ3) is 3.93. The van der Waals surface area contributed by atoms with Crippen LogP contribution in [-0.2, 0) is 24.3 Å². The standard InChI is InChI=1S/C16H19NO7S/c1-9-7-13(16(19)23-9)24-15(18)10-3-6-12(22-2)14(8-10)25(20,21)17-11-4-5-11/h3,6,8-9,11,13,17H,4-5,7H2,1-2H3. The Labute approximate surface area is 145 Å². The molecule has 1 heterocycles. The second-order valence-electron chi connectivity index (χ2n) is 6.14. The fourth-order valence-corrected chi connectivity index (χ4v) is 4.01. The van der Waals surface area contributed by atoms with E-state index in [4.69, 9.17) is 14.2 Å². The molecule has 8 nitrogen and oxygen atoms in total. The van der Waals surface area contributed by atoms with Gasteiger partial charge in [0, 0.05) is 12.5 Å². The highest BCUT2D eigenvalue weighted by Gasteiger charge is 2.36. The van der Waals surface area contributed by atoms with Gasteiger partial charge in [-0.05, 0) is 38.0 Å². The van der Waals surface area contributed by atoms with Crippen LogP contribution in [0.4, 0.5) is 0 Å². The maximum absolute atomic E-state index is 12.5. The van der Waals surface area contributed by atoms with Crippen molar-refractivity contribution < 1.29 is 32.2 Å². The molecular formula is C16H19NO7S. The number of nitrogens with one attached hydrogen (secondary N) is 1. The van der Waals surface area contributed by atoms with Gasteiger partial charge < -0.3 is 14.2 Å². The Hall–Kier alpha value is -2.13. The molecule has 0 amide bonds. The Kier molecular flexibility index (Phi) is 4.70. The summed E-state index contributed by atoms with van der Waals surface area (Å²) in [4.78, 5) is 23.7. The molecule has 2 aliphatic rings. The SMILES string of the molecule is COc1ccc(C(=O)OC2CC(C)OC2=O)cc1S(=O)(=O)NC1CC1. The number of ether oxygens (including phenoxy) is 3. The molecule has 9 heteroatoms. The van der Waals surface area contributed by atoms with E-state index in [1.165, 1.54) is 25.3 Å². The summed E-state index contributed by atoms with van der Waals surface area (Å²) >= 11 is 0. The van der Waals surface area contributed by atoms with E-state index < -0.39 is 28.1 Å². The molecule has 2 atom stereocenters. The maximum Gasteiger partial charge on any atom is 0.347 e. The largest absolute Gasteiger partial charge is 0.495 e. The minimum atomic E-state index is -3.82. The maximum atomic E-state index is 12.5. The van der Waals surface area contributed by atoms with Gasteiger partial charge >= 0.3 is 11.9 Å². The molecule has 3 rings (SSSR count). The van der Waals surface area contributed by atoms with E-state index in [0.29, 0.717) is 0 Å². The number of methoxy groups -OCH3 is 1. The van der Waals surface area contributed by atoms with Gasteiger partial charge in [-0.25, -0.2) is 22.7 Å². The number of hydrogen-bond acceptors (Lipinski definition) is 7. The van der Waals surface area contributed by atoms with Crippen molar-refractivity contribution in [3.05, 3.63) is 23.8 Å². The number of rotatable bonds is 6. The lowest BCUT2D eigenvalue weighted by atomic mass is 10.2. The van der Waals surface area contributed by atoms with E-state index in [-0.39, 0.29) is 34.8 Å². The Morgan fingerprint density at radius 2 is 2.04 bits per heavy atom. The molecular weight excluding hydrogens is 350 g/mol. The fraction of sp³-hybridized carbons (Fsp3) is 0.500. The average molecular weight is 369 g/mol. The molecule has 1 aromatic carbocycles. The average Bonchev–Trinajstić information content (AvgIpc) is 3.30. The number of carbonyl (C=O) groups excluding carboxylic acids is 2. The molecule has 2 unspecified atom stereocenters. The first-order chi connectivity index (χ1) is 11.8. The Bertz CT molecular complexity index is 801.